The molecule has 2 aromatic heterocycles. The molecule has 2 aromatic rings. The zero-order valence-corrected chi connectivity index (χ0v) is 12.2. The summed E-state index contributed by atoms with van der Waals surface area (Å²) in [5.74, 6) is 0.849. The molecule has 0 radical (unpaired) electrons. The monoisotopic (exact) mass is 284 g/mol. The molecule has 5 nitrogen and oxygen atoms in total. The summed E-state index contributed by atoms with van der Waals surface area (Å²) in [6.45, 7) is 0.888. The highest BCUT2D eigenvalue weighted by molar-refractivity contribution is 5.83. The lowest BCUT2D eigenvalue weighted by atomic mass is 10.1. The molecule has 0 spiro atoms. The molecule has 4 rings (SSSR count). The highest BCUT2D eigenvalue weighted by Gasteiger charge is 2.48. The van der Waals surface area contributed by atoms with E-state index in [4.69, 9.17) is 0 Å². The number of carbonyl (C=O) groups excluding carboxylic acids is 1. The van der Waals surface area contributed by atoms with E-state index < -0.39 is 0 Å². The van der Waals surface area contributed by atoms with Gasteiger partial charge in [-0.25, -0.2) is 0 Å². The number of rotatable bonds is 3. The number of nitrogens with zero attached hydrogens (tertiary/aromatic N) is 3. The summed E-state index contributed by atoms with van der Waals surface area (Å²) in [7, 11) is 1.92. The summed E-state index contributed by atoms with van der Waals surface area (Å²) in [5.41, 5.74) is 2.37. The number of amides is 1. The molecular weight excluding hydrogens is 264 g/mol. The van der Waals surface area contributed by atoms with Crippen LogP contribution in [-0.4, -0.2) is 32.1 Å². The van der Waals surface area contributed by atoms with Crippen LogP contribution in [0, 0.1) is 5.92 Å². The summed E-state index contributed by atoms with van der Waals surface area (Å²) < 4.78 is 1.81. The predicted octanol–water partition coefficient (Wildman–Crippen LogP) is 2.22. The van der Waals surface area contributed by atoms with Gasteiger partial charge in [0, 0.05) is 37.6 Å². The first-order valence-corrected chi connectivity index (χ1v) is 7.66. The lowest BCUT2D eigenvalue weighted by molar-refractivity contribution is -0.133. The van der Waals surface area contributed by atoms with E-state index in [2.05, 4.69) is 21.0 Å². The fraction of sp³-hybridized carbons (Fsp3) is 0.500. The van der Waals surface area contributed by atoms with Crippen molar-refractivity contribution in [1.29, 1.82) is 0 Å². The first-order chi connectivity index (χ1) is 10.2. The summed E-state index contributed by atoms with van der Waals surface area (Å²) in [6.07, 6.45) is 9.00. The van der Waals surface area contributed by atoms with E-state index in [9.17, 15) is 4.79 Å². The summed E-state index contributed by atoms with van der Waals surface area (Å²) in [5, 5.41) is 4.21. The predicted molar refractivity (Wildman–Crippen MR) is 78.5 cm³/mol. The molecular formula is C16H20N4O. The highest BCUT2D eigenvalue weighted by atomic mass is 16.2. The lowest BCUT2D eigenvalue weighted by Gasteiger charge is -2.24. The smallest absolute Gasteiger partial charge is 0.226 e. The number of H-pyrrole nitrogens is 1. The van der Waals surface area contributed by atoms with Crippen LogP contribution >= 0.6 is 0 Å². The number of likely N-dealkylation sites (tertiary alicyclic amines) is 1. The topological polar surface area (TPSA) is 53.9 Å². The van der Waals surface area contributed by atoms with Gasteiger partial charge in [-0.1, -0.05) is 0 Å². The minimum atomic E-state index is 0.157. The van der Waals surface area contributed by atoms with Crippen LogP contribution in [0.2, 0.25) is 0 Å². The van der Waals surface area contributed by atoms with E-state index in [1.54, 1.807) is 0 Å². The average Bonchev–Trinajstić information content (AvgIpc) is 2.94. The van der Waals surface area contributed by atoms with E-state index in [-0.39, 0.29) is 12.0 Å². The molecule has 110 valence electrons. The number of aromatic nitrogens is 3. The lowest BCUT2D eigenvalue weighted by Crippen LogP contribution is -2.32. The molecule has 1 aliphatic heterocycles. The number of carbonyl (C=O) groups is 1. The second-order valence-corrected chi connectivity index (χ2v) is 6.21. The van der Waals surface area contributed by atoms with Gasteiger partial charge in [-0.2, -0.15) is 5.10 Å². The Labute approximate surface area is 123 Å². The molecule has 1 N–H and O–H groups in total. The fourth-order valence-electron chi connectivity index (χ4n) is 3.59. The van der Waals surface area contributed by atoms with E-state index in [0.717, 1.165) is 25.8 Å². The molecule has 0 aromatic carbocycles. The molecule has 3 atom stereocenters. The largest absolute Gasteiger partial charge is 0.363 e. The molecule has 1 saturated heterocycles. The van der Waals surface area contributed by atoms with Crippen molar-refractivity contribution >= 4 is 5.91 Å². The van der Waals surface area contributed by atoms with Gasteiger partial charge in [0.2, 0.25) is 5.91 Å². The van der Waals surface area contributed by atoms with E-state index in [0.29, 0.717) is 11.8 Å². The third-order valence-electron chi connectivity index (χ3n) is 4.78. The zero-order valence-electron chi connectivity index (χ0n) is 12.2. The van der Waals surface area contributed by atoms with Crippen LogP contribution in [0.25, 0.3) is 0 Å². The van der Waals surface area contributed by atoms with Crippen molar-refractivity contribution in [3.05, 3.63) is 42.0 Å². The highest BCUT2D eigenvalue weighted by Crippen LogP contribution is 2.49. The minimum Gasteiger partial charge on any atom is -0.363 e. The average molecular weight is 284 g/mol. The van der Waals surface area contributed by atoms with Crippen LogP contribution in [0.5, 0.6) is 0 Å². The second-order valence-electron chi connectivity index (χ2n) is 6.21. The third-order valence-corrected chi connectivity index (χ3v) is 4.78. The number of aromatic amines is 1. The van der Waals surface area contributed by atoms with Gasteiger partial charge in [0.1, 0.15) is 0 Å². The van der Waals surface area contributed by atoms with Crippen molar-refractivity contribution in [2.75, 3.05) is 6.54 Å². The maximum absolute atomic E-state index is 12.8. The van der Waals surface area contributed by atoms with Gasteiger partial charge in [0.25, 0.3) is 0 Å². The van der Waals surface area contributed by atoms with Gasteiger partial charge in [-0.05, 0) is 42.9 Å². The minimum absolute atomic E-state index is 0.157. The Balaban J connectivity index is 1.48. The van der Waals surface area contributed by atoms with Gasteiger partial charge in [-0.3, -0.25) is 9.48 Å². The Morgan fingerprint density at radius 2 is 2.38 bits per heavy atom. The first-order valence-electron chi connectivity index (χ1n) is 7.66. The van der Waals surface area contributed by atoms with Crippen molar-refractivity contribution in [2.45, 2.75) is 31.2 Å². The maximum atomic E-state index is 12.8. The Morgan fingerprint density at radius 1 is 1.48 bits per heavy atom. The standard InChI is InChI=1S/C16H20N4O/c1-19-10-11(9-18-19)12-8-13(12)16(21)20-7-3-5-15(20)14-4-2-6-17-14/h2,4,6,9-10,12-13,15,17H,3,5,7-8H2,1H3. The first kappa shape index (κ1) is 12.7. The van der Waals surface area contributed by atoms with Crippen LogP contribution in [0.1, 0.15) is 42.5 Å². The van der Waals surface area contributed by atoms with Crippen LogP contribution < -0.4 is 0 Å². The number of aryl methyl sites for hydroxylation is 1. The second kappa shape index (κ2) is 4.76. The van der Waals surface area contributed by atoms with Gasteiger partial charge in [-0.15, -0.1) is 0 Å². The normalized spacial score (nSPS) is 28.0. The van der Waals surface area contributed by atoms with Gasteiger partial charge >= 0.3 is 0 Å². The molecule has 2 aliphatic rings. The van der Waals surface area contributed by atoms with E-state index in [1.165, 1.54) is 11.3 Å². The quantitative estimate of drug-likeness (QED) is 0.939. The molecule has 1 aliphatic carbocycles. The fourth-order valence-corrected chi connectivity index (χ4v) is 3.59. The zero-order chi connectivity index (χ0) is 14.4. The van der Waals surface area contributed by atoms with E-state index >= 15 is 0 Å². The number of nitrogens with one attached hydrogen (secondary N) is 1. The van der Waals surface area contributed by atoms with Crippen LogP contribution in [0.15, 0.2) is 30.7 Å². The maximum Gasteiger partial charge on any atom is 0.226 e. The van der Waals surface area contributed by atoms with Crippen LogP contribution in [-0.2, 0) is 11.8 Å². The molecule has 2 fully saturated rings. The van der Waals surface area contributed by atoms with Gasteiger partial charge in [0.15, 0.2) is 0 Å². The van der Waals surface area contributed by atoms with Crippen molar-refractivity contribution in [3.8, 4) is 0 Å². The molecule has 1 saturated carbocycles. The van der Waals surface area contributed by atoms with Crippen molar-refractivity contribution < 1.29 is 4.79 Å². The Kier molecular flexibility index (Phi) is 2.87. The van der Waals surface area contributed by atoms with Crippen molar-refractivity contribution in [3.63, 3.8) is 0 Å². The van der Waals surface area contributed by atoms with Gasteiger partial charge < -0.3 is 9.88 Å². The SMILES string of the molecule is Cn1cc(C2CC2C(=O)N2CCCC2c2ccc[nH]2)cn1. The van der Waals surface area contributed by atoms with Crippen molar-refractivity contribution in [1.82, 2.24) is 19.7 Å². The number of hydrogen-bond acceptors (Lipinski definition) is 2. The van der Waals surface area contributed by atoms with Crippen LogP contribution in [0.3, 0.4) is 0 Å². The Hall–Kier alpha value is -2.04. The summed E-state index contributed by atoms with van der Waals surface area (Å²) in [4.78, 5) is 18.1. The third kappa shape index (κ3) is 2.17. The molecule has 5 heteroatoms. The molecule has 1 amide bonds. The molecule has 0 bridgehead atoms. The number of hydrogen-bond donors (Lipinski definition) is 1. The Bertz CT molecular complexity index is 645. The molecule has 21 heavy (non-hydrogen) atoms. The molecule has 3 heterocycles. The van der Waals surface area contributed by atoms with Gasteiger partial charge in [0.05, 0.1) is 12.2 Å². The van der Waals surface area contributed by atoms with Crippen LogP contribution in [0.4, 0.5) is 0 Å². The van der Waals surface area contributed by atoms with Crippen molar-refractivity contribution in [2.24, 2.45) is 13.0 Å². The summed E-state index contributed by atoms with van der Waals surface area (Å²) >= 11 is 0. The molecule has 3 unspecified atom stereocenters. The Morgan fingerprint density at radius 3 is 3.10 bits per heavy atom. The van der Waals surface area contributed by atoms with E-state index in [1.807, 2.05) is 36.4 Å². The summed E-state index contributed by atoms with van der Waals surface area (Å²) in [6, 6.07) is 4.33.